The SMILES string of the molecule is NC(N)=NCc1cc(F)c(F)c(F)c1. The van der Waals surface area contributed by atoms with Crippen molar-refractivity contribution in [2.24, 2.45) is 16.5 Å². The molecule has 1 aromatic rings. The van der Waals surface area contributed by atoms with Crippen LogP contribution in [0.1, 0.15) is 5.56 Å². The second kappa shape index (κ2) is 3.99. The summed E-state index contributed by atoms with van der Waals surface area (Å²) in [5, 5.41) is 0. The third-order valence-electron chi connectivity index (χ3n) is 1.49. The van der Waals surface area contributed by atoms with E-state index in [0.29, 0.717) is 0 Å². The molecule has 0 fully saturated rings. The summed E-state index contributed by atoms with van der Waals surface area (Å²) in [6.45, 7) is -0.0869. The lowest BCUT2D eigenvalue weighted by molar-refractivity contribution is 0.445. The zero-order valence-electron chi connectivity index (χ0n) is 7.10. The Kier molecular flexibility index (Phi) is 2.95. The Labute approximate surface area is 78.2 Å². The van der Waals surface area contributed by atoms with Gasteiger partial charge in [0.2, 0.25) is 0 Å². The van der Waals surface area contributed by atoms with Crippen molar-refractivity contribution in [3.8, 4) is 0 Å². The first kappa shape index (κ1) is 10.4. The minimum atomic E-state index is -1.50. The Morgan fingerprint density at radius 1 is 1.14 bits per heavy atom. The van der Waals surface area contributed by atoms with Crippen LogP contribution in [0.25, 0.3) is 0 Å². The van der Waals surface area contributed by atoms with Crippen molar-refractivity contribution in [1.29, 1.82) is 0 Å². The predicted octanol–water partition coefficient (Wildman–Crippen LogP) is 0.877. The Morgan fingerprint density at radius 3 is 2.07 bits per heavy atom. The third-order valence-corrected chi connectivity index (χ3v) is 1.49. The molecule has 0 atom stereocenters. The summed E-state index contributed by atoms with van der Waals surface area (Å²) in [5.74, 6) is -4.22. The van der Waals surface area contributed by atoms with Crippen LogP contribution in [0.2, 0.25) is 0 Å². The van der Waals surface area contributed by atoms with Gasteiger partial charge in [-0.25, -0.2) is 18.2 Å². The molecule has 0 saturated heterocycles. The van der Waals surface area contributed by atoms with E-state index >= 15 is 0 Å². The summed E-state index contributed by atoms with van der Waals surface area (Å²) in [7, 11) is 0. The van der Waals surface area contributed by atoms with E-state index in [4.69, 9.17) is 11.5 Å². The molecule has 0 aliphatic carbocycles. The average Bonchev–Trinajstić information content (AvgIpc) is 2.10. The van der Waals surface area contributed by atoms with Crippen molar-refractivity contribution >= 4 is 5.96 Å². The molecule has 4 N–H and O–H groups in total. The Balaban J connectivity index is 2.95. The second-order valence-electron chi connectivity index (χ2n) is 2.61. The van der Waals surface area contributed by atoms with E-state index in [0.717, 1.165) is 12.1 Å². The molecule has 0 spiro atoms. The second-order valence-corrected chi connectivity index (χ2v) is 2.61. The molecular formula is C8H8F3N3. The number of hydrogen-bond acceptors (Lipinski definition) is 1. The monoisotopic (exact) mass is 203 g/mol. The van der Waals surface area contributed by atoms with Crippen LogP contribution in [0.15, 0.2) is 17.1 Å². The molecule has 0 aromatic heterocycles. The molecule has 0 amide bonds. The van der Waals surface area contributed by atoms with E-state index in [1.54, 1.807) is 0 Å². The molecule has 1 aromatic carbocycles. The van der Waals surface area contributed by atoms with Crippen molar-refractivity contribution in [3.63, 3.8) is 0 Å². The molecule has 0 heterocycles. The first-order valence-electron chi connectivity index (χ1n) is 3.69. The van der Waals surface area contributed by atoms with Crippen molar-refractivity contribution in [3.05, 3.63) is 35.1 Å². The first-order valence-corrected chi connectivity index (χ1v) is 3.69. The first-order chi connectivity index (χ1) is 6.50. The van der Waals surface area contributed by atoms with Gasteiger partial charge in [-0.1, -0.05) is 0 Å². The van der Waals surface area contributed by atoms with Gasteiger partial charge in [-0.05, 0) is 17.7 Å². The highest BCUT2D eigenvalue weighted by atomic mass is 19.2. The van der Waals surface area contributed by atoms with E-state index in [2.05, 4.69) is 4.99 Å². The van der Waals surface area contributed by atoms with Crippen LogP contribution >= 0.6 is 0 Å². The van der Waals surface area contributed by atoms with Gasteiger partial charge >= 0.3 is 0 Å². The highest BCUT2D eigenvalue weighted by molar-refractivity contribution is 5.75. The number of halogens is 3. The van der Waals surface area contributed by atoms with Crippen molar-refractivity contribution < 1.29 is 13.2 Å². The Morgan fingerprint density at radius 2 is 1.64 bits per heavy atom. The highest BCUT2D eigenvalue weighted by Gasteiger charge is 2.09. The maximum atomic E-state index is 12.6. The van der Waals surface area contributed by atoms with Gasteiger partial charge < -0.3 is 11.5 Å². The van der Waals surface area contributed by atoms with Crippen LogP contribution in [0, 0.1) is 17.5 Å². The fourth-order valence-corrected chi connectivity index (χ4v) is 0.882. The van der Waals surface area contributed by atoms with Gasteiger partial charge in [-0.2, -0.15) is 0 Å². The van der Waals surface area contributed by atoms with Crippen LogP contribution in [-0.2, 0) is 6.54 Å². The number of guanidine groups is 1. The van der Waals surface area contributed by atoms with Crippen molar-refractivity contribution in [2.45, 2.75) is 6.54 Å². The third kappa shape index (κ3) is 2.38. The molecule has 3 nitrogen and oxygen atoms in total. The van der Waals surface area contributed by atoms with Gasteiger partial charge in [-0.15, -0.1) is 0 Å². The molecule has 0 unspecified atom stereocenters. The molecular weight excluding hydrogens is 195 g/mol. The maximum absolute atomic E-state index is 12.6. The van der Waals surface area contributed by atoms with Gasteiger partial charge in [0.25, 0.3) is 0 Å². The summed E-state index contributed by atoms with van der Waals surface area (Å²) in [5.41, 5.74) is 10.2. The number of nitrogens with two attached hydrogens (primary N) is 2. The van der Waals surface area contributed by atoms with Gasteiger partial charge in [0, 0.05) is 0 Å². The van der Waals surface area contributed by atoms with Gasteiger partial charge in [0.1, 0.15) is 0 Å². The van der Waals surface area contributed by atoms with Crippen LogP contribution in [-0.4, -0.2) is 5.96 Å². The van der Waals surface area contributed by atoms with E-state index in [9.17, 15) is 13.2 Å². The van der Waals surface area contributed by atoms with E-state index in [1.165, 1.54) is 0 Å². The lowest BCUT2D eigenvalue weighted by atomic mass is 10.2. The van der Waals surface area contributed by atoms with Crippen LogP contribution < -0.4 is 11.5 Å². The topological polar surface area (TPSA) is 64.4 Å². The van der Waals surface area contributed by atoms with E-state index in [1.807, 2.05) is 0 Å². The number of nitrogens with zero attached hydrogens (tertiary/aromatic N) is 1. The van der Waals surface area contributed by atoms with Gasteiger partial charge in [-0.3, -0.25) is 0 Å². The molecule has 76 valence electrons. The molecule has 0 saturated carbocycles. The van der Waals surface area contributed by atoms with Crippen molar-refractivity contribution in [2.75, 3.05) is 0 Å². The summed E-state index contributed by atoms with van der Waals surface area (Å²) in [6, 6.07) is 1.68. The summed E-state index contributed by atoms with van der Waals surface area (Å²) >= 11 is 0. The van der Waals surface area contributed by atoms with E-state index in [-0.39, 0.29) is 18.1 Å². The molecule has 0 radical (unpaired) electrons. The average molecular weight is 203 g/mol. The summed E-state index contributed by atoms with van der Waals surface area (Å²) in [6.07, 6.45) is 0. The number of aliphatic imine (C=N–C) groups is 1. The quantitative estimate of drug-likeness (QED) is 0.425. The normalized spacial score (nSPS) is 9.93. The zero-order valence-corrected chi connectivity index (χ0v) is 7.10. The minimum absolute atomic E-state index is 0.0869. The van der Waals surface area contributed by atoms with Crippen molar-refractivity contribution in [1.82, 2.24) is 0 Å². The molecule has 14 heavy (non-hydrogen) atoms. The number of benzene rings is 1. The van der Waals surface area contributed by atoms with Crippen LogP contribution in [0.5, 0.6) is 0 Å². The fourth-order valence-electron chi connectivity index (χ4n) is 0.882. The standard InChI is InChI=1S/C8H8F3N3/c9-5-1-4(3-14-8(12)13)2-6(10)7(5)11/h1-2H,3H2,(H4,12,13,14). The van der Waals surface area contributed by atoms with Gasteiger partial charge in [0.15, 0.2) is 23.4 Å². The molecule has 6 heteroatoms. The van der Waals surface area contributed by atoms with Crippen LogP contribution in [0.3, 0.4) is 0 Å². The van der Waals surface area contributed by atoms with Crippen LogP contribution in [0.4, 0.5) is 13.2 Å². The number of rotatable bonds is 2. The molecule has 1 rings (SSSR count). The largest absolute Gasteiger partial charge is 0.370 e. The Hall–Kier alpha value is -1.72. The minimum Gasteiger partial charge on any atom is -0.370 e. The fraction of sp³-hybridized carbons (Fsp3) is 0.125. The maximum Gasteiger partial charge on any atom is 0.194 e. The molecule has 0 aliphatic heterocycles. The molecule has 0 aliphatic rings. The zero-order chi connectivity index (χ0) is 10.7. The number of hydrogen-bond donors (Lipinski definition) is 2. The summed E-state index contributed by atoms with van der Waals surface area (Å²) in [4.78, 5) is 3.52. The highest BCUT2D eigenvalue weighted by Crippen LogP contribution is 2.13. The molecule has 0 bridgehead atoms. The lowest BCUT2D eigenvalue weighted by Gasteiger charge is -2.00. The smallest absolute Gasteiger partial charge is 0.194 e. The predicted molar refractivity (Wildman–Crippen MR) is 45.8 cm³/mol. The lowest BCUT2D eigenvalue weighted by Crippen LogP contribution is -2.22. The summed E-state index contributed by atoms with van der Waals surface area (Å²) < 4.78 is 37.8. The van der Waals surface area contributed by atoms with Gasteiger partial charge in [0.05, 0.1) is 6.54 Å². The van der Waals surface area contributed by atoms with E-state index < -0.39 is 17.5 Å². The Bertz CT molecular complexity index is 349.